The van der Waals surface area contributed by atoms with E-state index in [1.54, 1.807) is 18.3 Å². The highest BCUT2D eigenvalue weighted by Gasteiger charge is 2.30. The molecular weight excluding hydrogens is 360 g/mol. The Balaban J connectivity index is 1.72. The molecule has 0 aliphatic carbocycles. The summed E-state index contributed by atoms with van der Waals surface area (Å²) < 4.78 is 29.2. The zero-order valence-corrected chi connectivity index (χ0v) is 15.5. The molecule has 0 bridgehead atoms. The van der Waals surface area contributed by atoms with Gasteiger partial charge in [0.25, 0.3) is 0 Å². The van der Waals surface area contributed by atoms with Crippen LogP contribution in [0.25, 0.3) is 5.65 Å². The maximum atomic E-state index is 13.0. The van der Waals surface area contributed by atoms with E-state index in [9.17, 15) is 8.42 Å². The van der Waals surface area contributed by atoms with Crippen molar-refractivity contribution in [1.29, 1.82) is 0 Å². The van der Waals surface area contributed by atoms with Gasteiger partial charge in [0.15, 0.2) is 5.65 Å². The van der Waals surface area contributed by atoms with Crippen molar-refractivity contribution in [3.63, 3.8) is 0 Å². The molecule has 0 radical (unpaired) electrons. The number of aryl methyl sites for hydroxylation is 2. The molecule has 0 unspecified atom stereocenters. The van der Waals surface area contributed by atoms with E-state index < -0.39 is 10.0 Å². The molecule has 1 aliphatic rings. The van der Waals surface area contributed by atoms with Crippen LogP contribution in [-0.2, 0) is 23.0 Å². The van der Waals surface area contributed by atoms with Crippen molar-refractivity contribution in [3.05, 3.63) is 58.0 Å². The lowest BCUT2D eigenvalue weighted by molar-refractivity contribution is 0.384. The molecule has 0 atom stereocenters. The topological polar surface area (TPSA) is 67.6 Å². The predicted molar refractivity (Wildman–Crippen MR) is 95.2 cm³/mol. The van der Waals surface area contributed by atoms with Crippen LogP contribution in [0.2, 0.25) is 5.02 Å². The van der Waals surface area contributed by atoms with Gasteiger partial charge in [-0.1, -0.05) is 17.7 Å². The van der Waals surface area contributed by atoms with Gasteiger partial charge in [0.05, 0.1) is 16.3 Å². The zero-order valence-electron chi connectivity index (χ0n) is 13.9. The molecule has 3 heterocycles. The molecule has 130 valence electrons. The van der Waals surface area contributed by atoms with Crippen molar-refractivity contribution in [2.24, 2.45) is 0 Å². The van der Waals surface area contributed by atoms with Crippen LogP contribution in [-0.4, -0.2) is 33.9 Å². The Morgan fingerprint density at radius 3 is 2.76 bits per heavy atom. The van der Waals surface area contributed by atoms with Crippen molar-refractivity contribution in [1.82, 2.24) is 18.9 Å². The Labute approximate surface area is 151 Å². The molecule has 1 aromatic carbocycles. The molecule has 0 fully saturated rings. The first-order valence-corrected chi connectivity index (χ1v) is 9.77. The number of nitrogens with zero attached hydrogens (tertiary/aromatic N) is 4. The lowest BCUT2D eigenvalue weighted by atomic mass is 10.1. The van der Waals surface area contributed by atoms with Gasteiger partial charge < -0.3 is 0 Å². The molecule has 1 aliphatic heterocycles. The third-order valence-electron chi connectivity index (χ3n) is 4.52. The van der Waals surface area contributed by atoms with Gasteiger partial charge >= 0.3 is 0 Å². The summed E-state index contributed by atoms with van der Waals surface area (Å²) in [6, 6.07) is 6.76. The number of hydrogen-bond donors (Lipinski definition) is 0. The largest absolute Gasteiger partial charge is 0.243 e. The van der Waals surface area contributed by atoms with Gasteiger partial charge in [-0.2, -0.15) is 9.40 Å². The van der Waals surface area contributed by atoms with Crippen molar-refractivity contribution < 1.29 is 8.42 Å². The van der Waals surface area contributed by atoms with Crippen LogP contribution in [0.3, 0.4) is 0 Å². The van der Waals surface area contributed by atoms with Crippen molar-refractivity contribution in [2.45, 2.75) is 31.7 Å². The summed E-state index contributed by atoms with van der Waals surface area (Å²) in [5, 5.41) is 4.91. The van der Waals surface area contributed by atoms with Crippen LogP contribution >= 0.6 is 11.6 Å². The molecule has 0 amide bonds. The summed E-state index contributed by atoms with van der Waals surface area (Å²) in [5.74, 6) is 0. The third-order valence-corrected chi connectivity index (χ3v) is 6.77. The first-order valence-electron chi connectivity index (χ1n) is 7.96. The maximum absolute atomic E-state index is 13.0. The van der Waals surface area contributed by atoms with E-state index in [4.69, 9.17) is 11.6 Å². The number of hydrogen-bond acceptors (Lipinski definition) is 4. The molecular formula is C17H17ClN4O2S. The maximum Gasteiger partial charge on any atom is 0.243 e. The van der Waals surface area contributed by atoms with Gasteiger partial charge in [0.1, 0.15) is 0 Å². The normalized spacial score (nSPS) is 15.5. The number of fused-ring (bicyclic) bond motifs is 3. The Bertz CT molecular complexity index is 1090. The third kappa shape index (κ3) is 2.72. The summed E-state index contributed by atoms with van der Waals surface area (Å²) in [6.07, 6.45) is 2.34. The average Bonchev–Trinajstić information content (AvgIpc) is 2.97. The monoisotopic (exact) mass is 376 g/mol. The van der Waals surface area contributed by atoms with Crippen LogP contribution in [0.1, 0.15) is 22.5 Å². The lowest BCUT2D eigenvalue weighted by Crippen LogP contribution is -2.37. The Morgan fingerprint density at radius 2 is 2.00 bits per heavy atom. The number of halogens is 1. The van der Waals surface area contributed by atoms with Gasteiger partial charge in [-0.25, -0.2) is 17.9 Å². The number of rotatable bonds is 2. The van der Waals surface area contributed by atoms with Gasteiger partial charge in [0, 0.05) is 42.4 Å². The van der Waals surface area contributed by atoms with Gasteiger partial charge in [-0.05, 0) is 31.5 Å². The van der Waals surface area contributed by atoms with Crippen molar-refractivity contribution in [3.8, 4) is 0 Å². The number of sulfonamides is 1. The average molecular weight is 377 g/mol. The SMILES string of the molecule is Cc1cc2ncc3c(n2n1)CCN(S(=O)(=O)c1ccc(C)c(Cl)c1)C3. The summed E-state index contributed by atoms with van der Waals surface area (Å²) in [5.41, 5.74) is 4.43. The zero-order chi connectivity index (χ0) is 17.8. The van der Waals surface area contributed by atoms with E-state index in [1.807, 2.05) is 24.4 Å². The van der Waals surface area contributed by atoms with E-state index in [0.29, 0.717) is 18.0 Å². The first kappa shape index (κ1) is 16.5. The summed E-state index contributed by atoms with van der Waals surface area (Å²) >= 11 is 6.10. The minimum atomic E-state index is -3.60. The smallest absolute Gasteiger partial charge is 0.237 e. The Kier molecular flexibility index (Phi) is 3.82. The van der Waals surface area contributed by atoms with E-state index in [-0.39, 0.29) is 11.4 Å². The summed E-state index contributed by atoms with van der Waals surface area (Å²) in [7, 11) is -3.60. The summed E-state index contributed by atoms with van der Waals surface area (Å²) in [6.45, 7) is 4.45. The van der Waals surface area contributed by atoms with E-state index in [2.05, 4.69) is 10.1 Å². The fourth-order valence-electron chi connectivity index (χ4n) is 3.12. The predicted octanol–water partition coefficient (Wildman–Crippen LogP) is 2.75. The van der Waals surface area contributed by atoms with Crippen LogP contribution in [0, 0.1) is 13.8 Å². The minimum Gasteiger partial charge on any atom is -0.237 e. The molecule has 2 aromatic heterocycles. The van der Waals surface area contributed by atoms with Gasteiger partial charge in [0.2, 0.25) is 10.0 Å². The highest BCUT2D eigenvalue weighted by molar-refractivity contribution is 7.89. The molecule has 25 heavy (non-hydrogen) atoms. The van der Waals surface area contributed by atoms with E-state index in [1.165, 1.54) is 10.4 Å². The first-order chi connectivity index (χ1) is 11.9. The fourth-order valence-corrected chi connectivity index (χ4v) is 4.81. The Hall–Kier alpha value is -1.96. The second kappa shape index (κ2) is 5.79. The van der Waals surface area contributed by atoms with Crippen molar-refractivity contribution in [2.75, 3.05) is 6.54 Å². The Morgan fingerprint density at radius 1 is 1.20 bits per heavy atom. The number of aromatic nitrogens is 3. The molecule has 0 spiro atoms. The second-order valence-electron chi connectivity index (χ2n) is 6.29. The van der Waals surface area contributed by atoms with Gasteiger partial charge in [-0.3, -0.25) is 0 Å². The molecule has 6 nitrogen and oxygen atoms in total. The molecule has 3 aromatic rings. The van der Waals surface area contributed by atoms with Gasteiger partial charge in [-0.15, -0.1) is 0 Å². The van der Waals surface area contributed by atoms with Crippen LogP contribution in [0.4, 0.5) is 0 Å². The molecule has 8 heteroatoms. The quantitative estimate of drug-likeness (QED) is 0.689. The highest BCUT2D eigenvalue weighted by Crippen LogP contribution is 2.27. The molecule has 0 N–H and O–H groups in total. The molecule has 4 rings (SSSR count). The van der Waals surface area contributed by atoms with E-state index in [0.717, 1.165) is 28.2 Å². The lowest BCUT2D eigenvalue weighted by Gasteiger charge is -2.28. The molecule has 0 saturated heterocycles. The fraction of sp³-hybridized carbons (Fsp3) is 0.294. The van der Waals surface area contributed by atoms with E-state index >= 15 is 0 Å². The van der Waals surface area contributed by atoms with Crippen LogP contribution < -0.4 is 0 Å². The number of benzene rings is 1. The minimum absolute atomic E-state index is 0.218. The van der Waals surface area contributed by atoms with Crippen molar-refractivity contribution >= 4 is 27.3 Å². The van der Waals surface area contributed by atoms with Crippen LogP contribution in [0.5, 0.6) is 0 Å². The standard InChI is InChI=1S/C17H17ClN4O2S/c1-11-3-4-14(8-15(11)18)25(23,24)21-6-5-16-13(10-21)9-19-17-7-12(2)20-22(16)17/h3-4,7-9H,5-6,10H2,1-2H3. The summed E-state index contributed by atoms with van der Waals surface area (Å²) in [4.78, 5) is 4.61. The second-order valence-corrected chi connectivity index (χ2v) is 8.63. The highest BCUT2D eigenvalue weighted by atomic mass is 35.5. The van der Waals surface area contributed by atoms with Crippen LogP contribution in [0.15, 0.2) is 35.4 Å². The molecule has 0 saturated carbocycles.